The van der Waals surface area contributed by atoms with E-state index in [1.165, 1.54) is 28.9 Å². The van der Waals surface area contributed by atoms with Gasteiger partial charge in [-0.05, 0) is 5.41 Å². The van der Waals surface area contributed by atoms with Crippen LogP contribution < -0.4 is 11.1 Å². The SMILES string of the molecule is COC/C=C\SC1=C(C(=O)O)N2C(=O)[C@@H](NC(=O)/C(=N\O)c3csc(N)n3)[C@@H]2SC1. The first-order valence-electron chi connectivity index (χ1n) is 8.35. The molecular formula is C16H17N5O6S3. The number of carboxylic acid groups (broad SMARTS) is 1. The molecule has 1 saturated heterocycles. The summed E-state index contributed by atoms with van der Waals surface area (Å²) in [6, 6.07) is -0.958. The monoisotopic (exact) mass is 471 g/mol. The van der Waals surface area contributed by atoms with Crippen LogP contribution in [0.15, 0.2) is 32.6 Å². The number of nitrogens with two attached hydrogens (primary N) is 1. The summed E-state index contributed by atoms with van der Waals surface area (Å²) in [5, 5.41) is 27.0. The number of fused-ring (bicyclic) bond motifs is 1. The minimum atomic E-state index is -1.23. The normalized spacial score (nSPS) is 21.6. The van der Waals surface area contributed by atoms with E-state index in [1.54, 1.807) is 18.6 Å². The Bertz CT molecular complexity index is 959. The van der Waals surface area contributed by atoms with Crippen LogP contribution in [0.25, 0.3) is 0 Å². The number of thioether (sulfide) groups is 2. The Morgan fingerprint density at radius 2 is 2.33 bits per heavy atom. The van der Waals surface area contributed by atoms with Crippen molar-refractivity contribution in [2.45, 2.75) is 11.4 Å². The van der Waals surface area contributed by atoms with E-state index in [9.17, 15) is 24.7 Å². The van der Waals surface area contributed by atoms with E-state index in [4.69, 9.17) is 10.5 Å². The Labute approximate surface area is 183 Å². The average molecular weight is 472 g/mol. The molecule has 14 heteroatoms. The van der Waals surface area contributed by atoms with E-state index >= 15 is 0 Å². The van der Waals surface area contributed by atoms with Crippen LogP contribution in [0.4, 0.5) is 5.13 Å². The highest BCUT2D eigenvalue weighted by molar-refractivity contribution is 8.08. The fourth-order valence-corrected chi connectivity index (χ4v) is 5.62. The van der Waals surface area contributed by atoms with Crippen molar-refractivity contribution in [1.29, 1.82) is 0 Å². The number of amides is 2. The number of thiazole rings is 1. The summed E-state index contributed by atoms with van der Waals surface area (Å²) >= 11 is 3.59. The van der Waals surface area contributed by atoms with Crippen molar-refractivity contribution >= 4 is 63.5 Å². The maximum absolute atomic E-state index is 12.6. The molecule has 0 spiro atoms. The molecule has 0 aromatic carbocycles. The molecule has 0 unspecified atom stereocenters. The van der Waals surface area contributed by atoms with Gasteiger partial charge in [0.15, 0.2) is 10.8 Å². The first-order chi connectivity index (χ1) is 14.4. The number of aliphatic carboxylic acids is 1. The lowest BCUT2D eigenvalue weighted by Crippen LogP contribution is -2.71. The molecule has 3 rings (SSSR count). The smallest absolute Gasteiger partial charge is 0.353 e. The van der Waals surface area contributed by atoms with Crippen molar-refractivity contribution in [2.75, 3.05) is 25.2 Å². The molecule has 1 fully saturated rings. The van der Waals surface area contributed by atoms with Crippen LogP contribution in [-0.2, 0) is 19.1 Å². The van der Waals surface area contributed by atoms with Crippen LogP contribution in [0.1, 0.15) is 5.69 Å². The highest BCUT2D eigenvalue weighted by atomic mass is 32.2. The number of anilines is 1. The van der Waals surface area contributed by atoms with Crippen molar-refractivity contribution in [3.05, 3.63) is 33.2 Å². The van der Waals surface area contributed by atoms with Gasteiger partial charge in [-0.3, -0.25) is 14.5 Å². The van der Waals surface area contributed by atoms with Crippen LogP contribution in [0.5, 0.6) is 0 Å². The molecule has 3 heterocycles. The van der Waals surface area contributed by atoms with Crippen LogP contribution in [0.3, 0.4) is 0 Å². The fourth-order valence-electron chi connectivity index (χ4n) is 2.77. The molecule has 2 aliphatic heterocycles. The summed E-state index contributed by atoms with van der Waals surface area (Å²) in [6.07, 6.45) is 1.73. The second-order valence-corrected chi connectivity index (χ2v) is 8.90. The number of carbonyl (C=O) groups excluding carboxylic acids is 2. The number of nitrogens with one attached hydrogen (secondary N) is 1. The zero-order valence-corrected chi connectivity index (χ0v) is 17.9. The highest BCUT2D eigenvalue weighted by Crippen LogP contribution is 2.43. The molecule has 30 heavy (non-hydrogen) atoms. The van der Waals surface area contributed by atoms with E-state index in [1.807, 2.05) is 0 Å². The summed E-state index contributed by atoms with van der Waals surface area (Å²) in [5.41, 5.74) is 5.11. The number of rotatable bonds is 8. The van der Waals surface area contributed by atoms with Crippen molar-refractivity contribution in [2.24, 2.45) is 5.16 Å². The van der Waals surface area contributed by atoms with E-state index in [0.29, 0.717) is 17.3 Å². The van der Waals surface area contributed by atoms with Gasteiger partial charge in [0, 0.05) is 23.1 Å². The highest BCUT2D eigenvalue weighted by Gasteiger charge is 2.54. The first-order valence-corrected chi connectivity index (χ1v) is 11.2. The fraction of sp³-hybridized carbons (Fsp3) is 0.312. The zero-order chi connectivity index (χ0) is 21.8. The van der Waals surface area contributed by atoms with Crippen molar-refractivity contribution in [3.8, 4) is 0 Å². The van der Waals surface area contributed by atoms with Gasteiger partial charge in [0.25, 0.3) is 11.8 Å². The van der Waals surface area contributed by atoms with Gasteiger partial charge in [0.2, 0.25) is 0 Å². The van der Waals surface area contributed by atoms with Crippen LogP contribution in [-0.4, -0.2) is 74.6 Å². The summed E-state index contributed by atoms with van der Waals surface area (Å²) in [4.78, 5) is 42.5. The lowest BCUT2D eigenvalue weighted by Gasteiger charge is -2.49. The Morgan fingerprint density at radius 1 is 1.57 bits per heavy atom. The largest absolute Gasteiger partial charge is 0.477 e. The topological polar surface area (TPSA) is 167 Å². The molecule has 11 nitrogen and oxygen atoms in total. The average Bonchev–Trinajstić information content (AvgIpc) is 3.15. The molecule has 1 aromatic rings. The van der Waals surface area contributed by atoms with Crippen LogP contribution in [0, 0.1) is 0 Å². The second kappa shape index (κ2) is 9.51. The van der Waals surface area contributed by atoms with Crippen molar-refractivity contribution in [1.82, 2.24) is 15.2 Å². The van der Waals surface area contributed by atoms with Crippen molar-refractivity contribution < 1.29 is 29.4 Å². The first kappa shape index (κ1) is 22.1. The molecule has 0 aliphatic carbocycles. The number of aromatic nitrogens is 1. The molecule has 2 aliphatic rings. The van der Waals surface area contributed by atoms with Crippen LogP contribution >= 0.6 is 34.9 Å². The van der Waals surface area contributed by atoms with Gasteiger partial charge in [-0.15, -0.1) is 23.1 Å². The van der Waals surface area contributed by atoms with E-state index < -0.39 is 29.2 Å². The second-order valence-electron chi connectivity index (χ2n) is 5.90. The summed E-state index contributed by atoms with van der Waals surface area (Å²) in [7, 11) is 1.54. The van der Waals surface area contributed by atoms with Gasteiger partial charge in [-0.2, -0.15) is 0 Å². The number of nitrogen functional groups attached to an aromatic ring is 1. The number of ether oxygens (including phenoxy) is 1. The number of hydrogen-bond acceptors (Lipinski definition) is 11. The van der Waals surface area contributed by atoms with E-state index in [2.05, 4.69) is 15.5 Å². The molecule has 5 N–H and O–H groups in total. The predicted molar refractivity (Wildman–Crippen MR) is 113 cm³/mol. The molecule has 160 valence electrons. The van der Waals surface area contributed by atoms with E-state index in [-0.39, 0.29) is 22.2 Å². The Morgan fingerprint density at radius 3 is 2.93 bits per heavy atom. The quantitative estimate of drug-likeness (QED) is 0.181. The summed E-state index contributed by atoms with van der Waals surface area (Å²) in [6.45, 7) is 0.384. The number of carboxylic acids is 1. The van der Waals surface area contributed by atoms with Gasteiger partial charge in [-0.1, -0.05) is 23.0 Å². The lowest BCUT2D eigenvalue weighted by molar-refractivity contribution is -0.150. The van der Waals surface area contributed by atoms with Crippen molar-refractivity contribution in [3.63, 3.8) is 0 Å². The lowest BCUT2D eigenvalue weighted by atomic mass is 10.0. The van der Waals surface area contributed by atoms with Gasteiger partial charge < -0.3 is 26.1 Å². The predicted octanol–water partition coefficient (Wildman–Crippen LogP) is 0.493. The maximum Gasteiger partial charge on any atom is 0.353 e. The van der Waals surface area contributed by atoms with Gasteiger partial charge in [-0.25, -0.2) is 9.78 Å². The number of oxime groups is 1. The third-order valence-electron chi connectivity index (χ3n) is 4.07. The molecule has 0 radical (unpaired) electrons. The third kappa shape index (κ3) is 4.30. The number of methoxy groups -OCH3 is 1. The molecule has 1 aromatic heterocycles. The number of β-lactam (4-membered cyclic amide) rings is 1. The Hall–Kier alpha value is -2.55. The molecule has 0 bridgehead atoms. The van der Waals surface area contributed by atoms with E-state index in [0.717, 1.165) is 16.2 Å². The molecule has 2 atom stereocenters. The van der Waals surface area contributed by atoms with Gasteiger partial charge >= 0.3 is 5.97 Å². The number of nitrogens with zero attached hydrogens (tertiary/aromatic N) is 3. The Balaban J connectivity index is 1.73. The summed E-state index contributed by atoms with van der Waals surface area (Å²) < 4.78 is 4.90. The summed E-state index contributed by atoms with van der Waals surface area (Å²) in [5.74, 6) is -2.25. The molecule has 0 saturated carbocycles. The minimum absolute atomic E-state index is 0.0741. The van der Waals surface area contributed by atoms with Gasteiger partial charge in [0.1, 0.15) is 22.8 Å². The molecular weight excluding hydrogens is 454 g/mol. The number of hydrogen-bond donors (Lipinski definition) is 4. The maximum atomic E-state index is 12.6. The Kier molecular flexibility index (Phi) is 7.02. The zero-order valence-electron chi connectivity index (χ0n) is 15.5. The van der Waals surface area contributed by atoms with Gasteiger partial charge in [0.05, 0.1) is 6.61 Å². The standard InChI is InChI=1S/C16H17N5O6S3/c1-27-3-2-4-28-8-6-29-14-10(13(23)21(14)11(8)15(24)25)19-12(22)9(20-26)7-5-30-16(17)18-7/h2,4-5,10,14,26H,3,6H2,1H3,(H2,17,18)(H,19,22)(H,24,25)/b4-2-,20-9-/t10-,14+/m1/s1. The van der Waals surface area contributed by atoms with Crippen LogP contribution in [0.2, 0.25) is 0 Å². The third-order valence-corrected chi connectivity index (χ3v) is 7.16. The number of carbonyl (C=O) groups is 3. The minimum Gasteiger partial charge on any atom is -0.477 e. The molecule has 2 amide bonds.